The van der Waals surface area contributed by atoms with Gasteiger partial charge in [-0.05, 0) is 59.4 Å². The first-order valence-corrected chi connectivity index (χ1v) is 21.5. The van der Waals surface area contributed by atoms with Crippen LogP contribution < -0.4 is 35.4 Å². The van der Waals surface area contributed by atoms with Gasteiger partial charge in [0.2, 0.25) is 0 Å². The predicted octanol–water partition coefficient (Wildman–Crippen LogP) is 7.30. The third-order valence-electron chi connectivity index (χ3n) is 8.71. The smallest absolute Gasteiger partial charge is 1.00 e. The van der Waals surface area contributed by atoms with E-state index in [1.54, 1.807) is 10.6 Å². The molecule has 0 aliphatic carbocycles. The molecule has 51 heavy (non-hydrogen) atoms. The summed E-state index contributed by atoms with van der Waals surface area (Å²) in [6.45, 7) is 18.8. The number of hydrogen-bond donors (Lipinski definition) is 0. The van der Waals surface area contributed by atoms with Crippen LogP contribution in [0.4, 0.5) is 0 Å². The molecular formula is C46H56Cl2HfP2. The van der Waals surface area contributed by atoms with E-state index in [1.807, 2.05) is 0 Å². The third-order valence-corrected chi connectivity index (χ3v) is 15.4. The maximum absolute atomic E-state index is 2.48. The van der Waals surface area contributed by atoms with Gasteiger partial charge in [-0.2, -0.15) is 12.1 Å². The van der Waals surface area contributed by atoms with Gasteiger partial charge in [-0.3, -0.25) is 0 Å². The minimum absolute atomic E-state index is 0. The Balaban J connectivity index is 0.000000334. The first-order chi connectivity index (χ1) is 23.1. The predicted molar refractivity (Wildman–Crippen MR) is 222 cm³/mol. The second kappa shape index (κ2) is 21.9. The van der Waals surface area contributed by atoms with E-state index >= 15 is 0 Å². The molecule has 6 aromatic rings. The molecule has 0 radical (unpaired) electrons. The molecule has 0 aliphatic rings. The van der Waals surface area contributed by atoms with E-state index in [0.29, 0.717) is 0 Å². The fourth-order valence-electron chi connectivity index (χ4n) is 6.88. The zero-order valence-corrected chi connectivity index (χ0v) is 38.7. The molecule has 0 N–H and O–H groups in total. The van der Waals surface area contributed by atoms with Gasteiger partial charge in [0.1, 0.15) is 0 Å². The van der Waals surface area contributed by atoms with Crippen molar-refractivity contribution in [3.8, 4) is 22.3 Å². The molecule has 0 fully saturated rings. The van der Waals surface area contributed by atoms with Gasteiger partial charge in [0, 0.05) is 0 Å². The maximum atomic E-state index is 2.48. The Morgan fingerprint density at radius 3 is 1.04 bits per heavy atom. The van der Waals surface area contributed by atoms with E-state index in [9.17, 15) is 0 Å². The minimum Gasteiger partial charge on any atom is -1.00 e. The molecule has 0 amide bonds. The van der Waals surface area contributed by atoms with Crippen molar-refractivity contribution in [3.05, 3.63) is 121 Å². The number of hydrogen-bond acceptors (Lipinski definition) is 0. The van der Waals surface area contributed by atoms with E-state index in [2.05, 4.69) is 177 Å². The number of rotatable bonds is 12. The standard InChI is InChI=1S/2C23H28P.2ClH.Hf/c2*1-17(2)15-24(16-18(3)4)21-13-20-11-8-12-22(23(20)14-21)19-9-6-5-7-10-19;;;/h2*5-14,17-18H,15-16H2,1-4H3;2*1H;/q2*-1;;;+4/p-2. The Hall–Kier alpha value is -1.59. The molecule has 0 unspecified atom stereocenters. The SMILES string of the molecule is CC(C)CP(CC(C)C)c1cc2c(-c3ccccc3)cccc2[cH-]1.CC(C)CP(CC(C)C)c1cc2c(-c3ccccc3)cccc2[cH-]1.[Cl-].[Cl-].[Hf+4]. The number of halogens is 2. The van der Waals surface area contributed by atoms with Crippen LogP contribution >= 0.6 is 15.8 Å². The zero-order chi connectivity index (χ0) is 34.2. The van der Waals surface area contributed by atoms with Crippen molar-refractivity contribution in [3.63, 3.8) is 0 Å². The Morgan fingerprint density at radius 1 is 0.431 bits per heavy atom. The van der Waals surface area contributed by atoms with Crippen LogP contribution in [0.5, 0.6) is 0 Å². The summed E-state index contributed by atoms with van der Waals surface area (Å²) in [6.07, 6.45) is 5.35. The van der Waals surface area contributed by atoms with Gasteiger partial charge < -0.3 is 24.8 Å². The molecule has 6 rings (SSSR count). The van der Waals surface area contributed by atoms with Crippen molar-refractivity contribution < 1.29 is 50.7 Å². The molecule has 0 saturated carbocycles. The van der Waals surface area contributed by atoms with Gasteiger partial charge in [0.15, 0.2) is 0 Å². The van der Waals surface area contributed by atoms with Gasteiger partial charge in [-0.25, -0.2) is 0 Å². The fourth-order valence-corrected chi connectivity index (χ4v) is 12.8. The van der Waals surface area contributed by atoms with Crippen LogP contribution in [0.3, 0.4) is 0 Å². The second-order valence-corrected chi connectivity index (χ2v) is 19.8. The average Bonchev–Trinajstić information content (AvgIpc) is 3.69. The molecule has 0 spiro atoms. The van der Waals surface area contributed by atoms with Crippen LogP contribution in [0.25, 0.3) is 43.8 Å². The van der Waals surface area contributed by atoms with E-state index in [0.717, 1.165) is 23.7 Å². The van der Waals surface area contributed by atoms with Crippen molar-refractivity contribution in [2.24, 2.45) is 23.7 Å². The van der Waals surface area contributed by atoms with Crippen molar-refractivity contribution in [1.29, 1.82) is 0 Å². The molecule has 0 atom stereocenters. The van der Waals surface area contributed by atoms with Crippen molar-refractivity contribution in [2.75, 3.05) is 24.6 Å². The van der Waals surface area contributed by atoms with Gasteiger partial charge in [-0.1, -0.05) is 155 Å². The third kappa shape index (κ3) is 12.8. The summed E-state index contributed by atoms with van der Waals surface area (Å²) in [5.41, 5.74) is 5.36. The van der Waals surface area contributed by atoms with Gasteiger partial charge in [-0.15, -0.1) is 68.6 Å². The Morgan fingerprint density at radius 2 is 0.745 bits per heavy atom. The van der Waals surface area contributed by atoms with Crippen LogP contribution in [0, 0.1) is 23.7 Å². The number of benzene rings is 4. The van der Waals surface area contributed by atoms with Crippen molar-refractivity contribution in [1.82, 2.24) is 0 Å². The Bertz CT molecular complexity index is 1700. The molecule has 0 saturated heterocycles. The summed E-state index contributed by atoms with van der Waals surface area (Å²) in [4.78, 5) is 0. The first-order valence-electron chi connectivity index (χ1n) is 18.1. The Kier molecular flexibility index (Phi) is 19.6. The summed E-state index contributed by atoms with van der Waals surface area (Å²) < 4.78 is 0. The molecule has 0 heterocycles. The molecule has 268 valence electrons. The zero-order valence-electron chi connectivity index (χ0n) is 31.8. The molecule has 0 bridgehead atoms. The summed E-state index contributed by atoms with van der Waals surface area (Å²) in [5, 5.41) is 8.80. The molecule has 0 nitrogen and oxygen atoms in total. The maximum Gasteiger partial charge on any atom is 4.00 e. The largest absolute Gasteiger partial charge is 4.00 e. The van der Waals surface area contributed by atoms with Gasteiger partial charge >= 0.3 is 25.8 Å². The average molecular weight is 920 g/mol. The fraction of sp³-hybridized carbons (Fsp3) is 0.348. The first kappa shape index (κ1) is 45.6. The summed E-state index contributed by atoms with van der Waals surface area (Å²) in [6, 6.07) is 44.9. The van der Waals surface area contributed by atoms with E-state index in [-0.39, 0.29) is 66.5 Å². The topological polar surface area (TPSA) is 0 Å². The van der Waals surface area contributed by atoms with Crippen LogP contribution in [-0.4, -0.2) is 24.6 Å². The van der Waals surface area contributed by atoms with E-state index in [4.69, 9.17) is 0 Å². The van der Waals surface area contributed by atoms with Crippen LogP contribution in [0.2, 0.25) is 0 Å². The molecular weight excluding hydrogens is 864 g/mol. The summed E-state index contributed by atoms with van der Waals surface area (Å²) in [7, 11) is -0.126. The van der Waals surface area contributed by atoms with Crippen LogP contribution in [0.15, 0.2) is 121 Å². The minimum atomic E-state index is -0.0628. The normalized spacial score (nSPS) is 11.3. The molecule has 0 aromatic heterocycles. The molecule has 6 aromatic carbocycles. The molecule has 0 aliphatic heterocycles. The quantitative estimate of drug-likeness (QED) is 0.0688. The monoisotopic (exact) mass is 920 g/mol. The van der Waals surface area contributed by atoms with Gasteiger partial charge in [0.05, 0.1) is 0 Å². The Labute approximate surface area is 343 Å². The second-order valence-electron chi connectivity index (χ2n) is 15.2. The summed E-state index contributed by atoms with van der Waals surface area (Å²) in [5.74, 6) is 3.06. The number of fused-ring (bicyclic) bond motifs is 2. The van der Waals surface area contributed by atoms with Crippen LogP contribution in [0.1, 0.15) is 55.4 Å². The van der Waals surface area contributed by atoms with E-state index in [1.165, 1.54) is 68.4 Å². The van der Waals surface area contributed by atoms with Crippen molar-refractivity contribution in [2.45, 2.75) is 55.4 Å². The van der Waals surface area contributed by atoms with E-state index < -0.39 is 0 Å². The van der Waals surface area contributed by atoms with Crippen LogP contribution in [-0.2, 0) is 25.8 Å². The van der Waals surface area contributed by atoms with Gasteiger partial charge in [0.25, 0.3) is 0 Å². The summed E-state index contributed by atoms with van der Waals surface area (Å²) >= 11 is 0. The molecule has 5 heteroatoms. The van der Waals surface area contributed by atoms with Crippen molar-refractivity contribution >= 4 is 48.0 Å².